The zero-order chi connectivity index (χ0) is 14.8. The van der Waals surface area contributed by atoms with E-state index in [0.717, 1.165) is 18.9 Å². The first kappa shape index (κ1) is 13.5. The second-order valence-electron chi connectivity index (χ2n) is 5.04. The van der Waals surface area contributed by atoms with Gasteiger partial charge in [-0.25, -0.2) is 4.98 Å². The summed E-state index contributed by atoms with van der Waals surface area (Å²) in [5, 5.41) is 3.84. The second kappa shape index (κ2) is 5.51. The Labute approximate surface area is 122 Å². The minimum atomic E-state index is -0.00922. The topological polar surface area (TPSA) is 75.4 Å². The Morgan fingerprint density at radius 1 is 1.19 bits per heavy atom. The van der Waals surface area contributed by atoms with Crippen LogP contribution in [0.2, 0.25) is 0 Å². The molecule has 7 nitrogen and oxygen atoms in total. The summed E-state index contributed by atoms with van der Waals surface area (Å²) in [6.07, 6.45) is 5.07. The number of carbonyl (C=O) groups is 1. The van der Waals surface area contributed by atoms with Gasteiger partial charge in [-0.15, -0.1) is 0 Å². The summed E-state index contributed by atoms with van der Waals surface area (Å²) in [7, 11) is 0. The maximum atomic E-state index is 12.5. The summed E-state index contributed by atoms with van der Waals surface area (Å²) in [6.45, 7) is 6.35. The molecule has 21 heavy (non-hydrogen) atoms. The van der Waals surface area contributed by atoms with Crippen LogP contribution >= 0.6 is 0 Å². The number of hydrogen-bond donors (Lipinski definition) is 0. The lowest BCUT2D eigenvalue weighted by molar-refractivity contribution is 0.0744. The highest BCUT2D eigenvalue weighted by Crippen LogP contribution is 2.18. The van der Waals surface area contributed by atoms with Crippen LogP contribution in [0.15, 0.2) is 23.1 Å². The standard InChI is InChI=1S/C14H17N5O2/c1-10-13(11(2)21-17-10)14(20)19-7-5-18(6-8-19)12-9-15-3-4-16-12/h3-4,9H,5-8H2,1-2H3. The summed E-state index contributed by atoms with van der Waals surface area (Å²) >= 11 is 0. The third kappa shape index (κ3) is 2.58. The van der Waals surface area contributed by atoms with Crippen molar-refractivity contribution >= 4 is 11.7 Å². The van der Waals surface area contributed by atoms with Gasteiger partial charge >= 0.3 is 0 Å². The van der Waals surface area contributed by atoms with Gasteiger partial charge in [0.25, 0.3) is 5.91 Å². The molecule has 0 spiro atoms. The summed E-state index contributed by atoms with van der Waals surface area (Å²) in [6, 6.07) is 0. The maximum Gasteiger partial charge on any atom is 0.259 e. The lowest BCUT2D eigenvalue weighted by atomic mass is 10.1. The SMILES string of the molecule is Cc1noc(C)c1C(=O)N1CCN(c2cnccn2)CC1. The van der Waals surface area contributed by atoms with E-state index in [1.807, 2.05) is 4.90 Å². The van der Waals surface area contributed by atoms with Gasteiger partial charge in [0.15, 0.2) is 0 Å². The van der Waals surface area contributed by atoms with Crippen molar-refractivity contribution in [2.45, 2.75) is 13.8 Å². The molecule has 2 aromatic heterocycles. The summed E-state index contributed by atoms with van der Waals surface area (Å²) in [4.78, 5) is 24.8. The van der Waals surface area contributed by atoms with Crippen LogP contribution in [0.5, 0.6) is 0 Å². The van der Waals surface area contributed by atoms with Crippen molar-refractivity contribution in [1.29, 1.82) is 0 Å². The van der Waals surface area contributed by atoms with Gasteiger partial charge in [-0.05, 0) is 13.8 Å². The Balaban J connectivity index is 1.68. The number of nitrogens with zero attached hydrogens (tertiary/aromatic N) is 5. The Hall–Kier alpha value is -2.44. The fourth-order valence-corrected chi connectivity index (χ4v) is 2.54. The molecule has 0 bridgehead atoms. The van der Waals surface area contributed by atoms with E-state index in [-0.39, 0.29) is 5.91 Å². The number of rotatable bonds is 2. The van der Waals surface area contributed by atoms with E-state index in [1.54, 1.807) is 32.4 Å². The van der Waals surface area contributed by atoms with Crippen molar-refractivity contribution < 1.29 is 9.32 Å². The minimum absolute atomic E-state index is 0.00922. The van der Waals surface area contributed by atoms with Crippen LogP contribution in [0, 0.1) is 13.8 Å². The largest absolute Gasteiger partial charge is 0.361 e. The number of aromatic nitrogens is 3. The van der Waals surface area contributed by atoms with Gasteiger partial charge in [-0.2, -0.15) is 0 Å². The van der Waals surface area contributed by atoms with Gasteiger partial charge in [-0.3, -0.25) is 9.78 Å². The molecule has 1 saturated heterocycles. The zero-order valence-corrected chi connectivity index (χ0v) is 12.1. The van der Waals surface area contributed by atoms with Crippen LogP contribution in [-0.2, 0) is 0 Å². The highest BCUT2D eigenvalue weighted by molar-refractivity contribution is 5.96. The van der Waals surface area contributed by atoms with E-state index >= 15 is 0 Å². The normalized spacial score (nSPS) is 15.3. The number of amides is 1. The van der Waals surface area contributed by atoms with Crippen molar-refractivity contribution in [3.63, 3.8) is 0 Å². The predicted octanol–water partition coefficient (Wildman–Crippen LogP) is 1.04. The van der Waals surface area contributed by atoms with Crippen molar-refractivity contribution in [3.8, 4) is 0 Å². The van der Waals surface area contributed by atoms with Crippen LogP contribution in [0.3, 0.4) is 0 Å². The van der Waals surface area contributed by atoms with Gasteiger partial charge < -0.3 is 14.3 Å². The van der Waals surface area contributed by atoms with E-state index < -0.39 is 0 Å². The number of carbonyl (C=O) groups excluding carboxylic acids is 1. The van der Waals surface area contributed by atoms with Crippen molar-refractivity contribution in [2.24, 2.45) is 0 Å². The molecule has 3 heterocycles. The lowest BCUT2D eigenvalue weighted by Gasteiger charge is -2.35. The van der Waals surface area contributed by atoms with Gasteiger partial charge in [0, 0.05) is 38.6 Å². The van der Waals surface area contributed by atoms with Crippen molar-refractivity contribution in [3.05, 3.63) is 35.6 Å². The smallest absolute Gasteiger partial charge is 0.259 e. The Bertz CT molecular complexity index is 613. The third-order valence-electron chi connectivity index (χ3n) is 3.69. The molecule has 0 atom stereocenters. The summed E-state index contributed by atoms with van der Waals surface area (Å²) < 4.78 is 5.07. The molecule has 1 amide bonds. The monoisotopic (exact) mass is 287 g/mol. The molecule has 110 valence electrons. The summed E-state index contributed by atoms with van der Waals surface area (Å²) in [5.41, 5.74) is 1.23. The van der Waals surface area contributed by atoms with Crippen LogP contribution in [0.4, 0.5) is 5.82 Å². The van der Waals surface area contributed by atoms with Crippen LogP contribution in [0.25, 0.3) is 0 Å². The van der Waals surface area contributed by atoms with E-state index in [0.29, 0.717) is 30.1 Å². The van der Waals surface area contributed by atoms with E-state index in [4.69, 9.17) is 4.52 Å². The fourth-order valence-electron chi connectivity index (χ4n) is 2.54. The first-order chi connectivity index (χ1) is 10.2. The molecule has 1 aliphatic rings. The van der Waals surface area contributed by atoms with Gasteiger partial charge in [-0.1, -0.05) is 5.16 Å². The molecule has 0 aliphatic carbocycles. The molecular formula is C14H17N5O2. The Morgan fingerprint density at radius 2 is 1.95 bits per heavy atom. The van der Waals surface area contributed by atoms with Gasteiger partial charge in [0.1, 0.15) is 17.1 Å². The molecule has 7 heteroatoms. The van der Waals surface area contributed by atoms with Gasteiger partial charge in [0.2, 0.25) is 0 Å². The second-order valence-corrected chi connectivity index (χ2v) is 5.04. The quantitative estimate of drug-likeness (QED) is 0.821. The van der Waals surface area contributed by atoms with E-state index in [9.17, 15) is 4.79 Å². The molecule has 0 N–H and O–H groups in total. The first-order valence-corrected chi connectivity index (χ1v) is 6.90. The third-order valence-corrected chi connectivity index (χ3v) is 3.69. The fraction of sp³-hybridized carbons (Fsp3) is 0.429. The molecule has 2 aromatic rings. The number of hydrogen-bond acceptors (Lipinski definition) is 6. The molecule has 1 fully saturated rings. The van der Waals surface area contributed by atoms with Crippen molar-refractivity contribution in [1.82, 2.24) is 20.0 Å². The molecule has 0 saturated carbocycles. The van der Waals surface area contributed by atoms with Crippen LogP contribution in [0.1, 0.15) is 21.8 Å². The lowest BCUT2D eigenvalue weighted by Crippen LogP contribution is -2.49. The summed E-state index contributed by atoms with van der Waals surface area (Å²) in [5.74, 6) is 1.42. The van der Waals surface area contributed by atoms with E-state index in [2.05, 4.69) is 20.0 Å². The highest BCUT2D eigenvalue weighted by Gasteiger charge is 2.27. The number of piperazine rings is 1. The molecule has 0 unspecified atom stereocenters. The first-order valence-electron chi connectivity index (χ1n) is 6.90. The molecule has 3 rings (SSSR count). The maximum absolute atomic E-state index is 12.5. The average molecular weight is 287 g/mol. The van der Waals surface area contributed by atoms with Gasteiger partial charge in [0.05, 0.1) is 11.9 Å². The predicted molar refractivity (Wildman–Crippen MR) is 76.1 cm³/mol. The number of aryl methyl sites for hydroxylation is 2. The zero-order valence-electron chi connectivity index (χ0n) is 12.1. The van der Waals surface area contributed by atoms with Crippen LogP contribution in [-0.4, -0.2) is 52.1 Å². The Morgan fingerprint density at radius 3 is 2.52 bits per heavy atom. The van der Waals surface area contributed by atoms with Crippen molar-refractivity contribution in [2.75, 3.05) is 31.1 Å². The van der Waals surface area contributed by atoms with Crippen LogP contribution < -0.4 is 4.90 Å². The molecule has 0 aromatic carbocycles. The average Bonchev–Trinajstić information content (AvgIpc) is 2.87. The minimum Gasteiger partial charge on any atom is -0.361 e. The molecule has 1 aliphatic heterocycles. The highest BCUT2D eigenvalue weighted by atomic mass is 16.5. The van der Waals surface area contributed by atoms with E-state index in [1.165, 1.54) is 0 Å². The molecular weight excluding hydrogens is 270 g/mol. The Kier molecular flexibility index (Phi) is 3.55. The number of anilines is 1. The molecule has 0 radical (unpaired) electrons.